The highest BCUT2D eigenvalue weighted by atomic mass is 35.5. The van der Waals surface area contributed by atoms with Crippen LogP contribution in [0.25, 0.3) is 0 Å². The molecule has 3 aromatic rings. The Labute approximate surface area is 265 Å². The van der Waals surface area contributed by atoms with Crippen LogP contribution in [0.15, 0.2) is 54.9 Å². The van der Waals surface area contributed by atoms with Gasteiger partial charge in [0.2, 0.25) is 5.91 Å². The highest BCUT2D eigenvalue weighted by molar-refractivity contribution is 8.00. The number of primary amides is 1. The molecule has 1 aliphatic carbocycles. The van der Waals surface area contributed by atoms with Crippen LogP contribution in [0.4, 0.5) is 8.78 Å². The maximum absolute atomic E-state index is 13.7. The molecule has 1 saturated heterocycles. The Morgan fingerprint density at radius 1 is 1.02 bits per heavy atom. The average Bonchev–Trinajstić information content (AvgIpc) is 3.70. The number of ether oxygens (including phenoxy) is 3. The minimum atomic E-state index is -3.07. The van der Waals surface area contributed by atoms with Gasteiger partial charge in [-0.3, -0.25) is 14.6 Å². The van der Waals surface area contributed by atoms with Crippen molar-refractivity contribution >= 4 is 52.7 Å². The van der Waals surface area contributed by atoms with Gasteiger partial charge < -0.3 is 24.8 Å². The summed E-state index contributed by atoms with van der Waals surface area (Å²) in [6, 6.07) is 10.1. The van der Waals surface area contributed by atoms with E-state index >= 15 is 0 Å². The molecule has 44 heavy (non-hydrogen) atoms. The number of esters is 1. The molecule has 1 saturated carbocycles. The summed E-state index contributed by atoms with van der Waals surface area (Å²) in [7, 11) is 0. The van der Waals surface area contributed by atoms with Gasteiger partial charge >= 0.3 is 12.6 Å². The summed E-state index contributed by atoms with van der Waals surface area (Å²) in [5, 5.41) is -0.489. The van der Waals surface area contributed by atoms with Crippen LogP contribution >= 0.6 is 35.0 Å². The van der Waals surface area contributed by atoms with Gasteiger partial charge in [0.15, 0.2) is 16.9 Å². The number of aromatic nitrogens is 1. The molecule has 2 heterocycles. The Morgan fingerprint density at radius 3 is 2.34 bits per heavy atom. The number of rotatable bonds is 12. The summed E-state index contributed by atoms with van der Waals surface area (Å²) in [6.07, 6.45) is 3.78. The molecule has 2 aromatic carbocycles. The lowest BCUT2D eigenvalue weighted by Gasteiger charge is -2.26. The third-order valence-electron chi connectivity index (χ3n) is 7.10. The maximum atomic E-state index is 13.7. The molecule has 5 rings (SSSR count). The van der Waals surface area contributed by atoms with Gasteiger partial charge in [-0.15, -0.1) is 11.8 Å². The number of carbonyl (C=O) groups excluding carboxylic acids is 3. The molecule has 0 radical (unpaired) electrons. The Bertz CT molecular complexity index is 1520. The summed E-state index contributed by atoms with van der Waals surface area (Å²) in [6.45, 7) is -2.46. The highest BCUT2D eigenvalue weighted by Crippen LogP contribution is 2.39. The first-order valence-electron chi connectivity index (χ1n) is 13.6. The first-order chi connectivity index (χ1) is 21.1. The molecule has 1 aromatic heterocycles. The standard InChI is InChI=1S/C30H27Cl2F2N3O6S/c31-21-13-36-14-22(32)20(21)12-24(19-7-8-23(43-30(33)34)25(11-19)41-15-16-1-2-16)42-29(40)28-37(9-10-44-28)27(39)18-5-3-17(4-6-18)26(35)38/h3-8,11,13-14,16,24,28,30H,1-2,9-10,12,15H2,(H2,35,38)/t24-,28-/m0/s1. The second-order valence-corrected chi connectivity index (χ2v) is 12.2. The Kier molecular flexibility index (Phi) is 10.1. The van der Waals surface area contributed by atoms with E-state index in [1.807, 2.05) is 0 Å². The van der Waals surface area contributed by atoms with Crippen molar-refractivity contribution < 1.29 is 37.4 Å². The fourth-order valence-corrected chi connectivity index (χ4v) is 6.20. The minimum Gasteiger partial charge on any atom is -0.489 e. The van der Waals surface area contributed by atoms with Gasteiger partial charge in [-0.1, -0.05) is 29.3 Å². The predicted molar refractivity (Wildman–Crippen MR) is 160 cm³/mol. The second kappa shape index (κ2) is 14.0. The van der Waals surface area contributed by atoms with Gasteiger partial charge in [0, 0.05) is 42.2 Å². The number of carbonyl (C=O) groups is 3. The van der Waals surface area contributed by atoms with Crippen LogP contribution in [0.2, 0.25) is 10.0 Å². The van der Waals surface area contributed by atoms with Gasteiger partial charge in [0.05, 0.1) is 16.7 Å². The van der Waals surface area contributed by atoms with Gasteiger partial charge in [-0.25, -0.2) is 4.79 Å². The maximum Gasteiger partial charge on any atom is 0.387 e. The van der Waals surface area contributed by atoms with Crippen molar-refractivity contribution in [2.75, 3.05) is 18.9 Å². The monoisotopic (exact) mass is 665 g/mol. The van der Waals surface area contributed by atoms with Crippen LogP contribution in [0, 0.1) is 5.92 Å². The molecule has 2 aliphatic rings. The molecular weight excluding hydrogens is 639 g/mol. The lowest BCUT2D eigenvalue weighted by molar-refractivity contribution is -0.151. The zero-order valence-corrected chi connectivity index (χ0v) is 25.4. The van der Waals surface area contributed by atoms with E-state index in [0.717, 1.165) is 12.8 Å². The molecule has 0 unspecified atom stereocenters. The van der Waals surface area contributed by atoms with Crippen LogP contribution in [-0.4, -0.2) is 58.6 Å². The van der Waals surface area contributed by atoms with Crippen LogP contribution < -0.4 is 15.2 Å². The third kappa shape index (κ3) is 7.72. The number of hydrogen-bond donors (Lipinski definition) is 1. The van der Waals surface area contributed by atoms with Crippen molar-refractivity contribution in [2.45, 2.75) is 37.4 Å². The number of nitrogens with two attached hydrogens (primary N) is 1. The number of benzene rings is 2. The summed E-state index contributed by atoms with van der Waals surface area (Å²) >= 11 is 14.0. The van der Waals surface area contributed by atoms with E-state index in [2.05, 4.69) is 9.72 Å². The van der Waals surface area contributed by atoms with Crippen LogP contribution in [0.1, 0.15) is 50.8 Å². The Hall–Kier alpha value is -3.61. The molecule has 2 fully saturated rings. The van der Waals surface area contributed by atoms with E-state index in [1.165, 1.54) is 71.5 Å². The summed E-state index contributed by atoms with van der Waals surface area (Å²) in [5.74, 6) is -1.01. The molecule has 0 spiro atoms. The van der Waals surface area contributed by atoms with Crippen LogP contribution in [0.3, 0.4) is 0 Å². The molecule has 2 N–H and O–H groups in total. The van der Waals surface area contributed by atoms with E-state index in [1.54, 1.807) is 0 Å². The number of nitrogens with zero attached hydrogens (tertiary/aromatic N) is 2. The third-order valence-corrected chi connectivity index (χ3v) is 8.93. The number of thioether (sulfide) groups is 1. The molecule has 1 aliphatic heterocycles. The normalized spacial score (nSPS) is 16.9. The number of amides is 2. The predicted octanol–water partition coefficient (Wildman–Crippen LogP) is 5.92. The van der Waals surface area contributed by atoms with Crippen molar-refractivity contribution in [3.05, 3.63) is 87.2 Å². The topological polar surface area (TPSA) is 121 Å². The SMILES string of the molecule is NC(=O)c1ccc(C(=O)N2CCS[C@H]2C(=O)O[C@@H](Cc2c(Cl)cncc2Cl)c2ccc(OC(F)F)c(OCC3CC3)c2)cc1. The van der Waals surface area contributed by atoms with E-state index < -0.39 is 35.9 Å². The van der Waals surface area contributed by atoms with Crippen molar-refractivity contribution in [3.63, 3.8) is 0 Å². The van der Waals surface area contributed by atoms with Gasteiger partial charge in [-0.2, -0.15) is 8.78 Å². The largest absolute Gasteiger partial charge is 0.489 e. The number of hydrogen-bond acceptors (Lipinski definition) is 8. The number of halogens is 4. The van der Waals surface area contributed by atoms with Crippen LogP contribution in [-0.2, 0) is 16.0 Å². The van der Waals surface area contributed by atoms with Gasteiger partial charge in [0.25, 0.3) is 5.91 Å². The second-order valence-electron chi connectivity index (χ2n) is 10.2. The lowest BCUT2D eigenvalue weighted by atomic mass is 10.0. The summed E-state index contributed by atoms with van der Waals surface area (Å²) in [4.78, 5) is 43.8. The minimum absolute atomic E-state index is 0.0168. The fourth-order valence-electron chi connectivity index (χ4n) is 4.58. The van der Waals surface area contributed by atoms with Crippen molar-refractivity contribution in [3.8, 4) is 11.5 Å². The van der Waals surface area contributed by atoms with E-state index in [-0.39, 0.29) is 45.6 Å². The van der Waals surface area contributed by atoms with Crippen molar-refractivity contribution in [1.29, 1.82) is 0 Å². The Balaban J connectivity index is 1.42. The first kappa shape index (κ1) is 31.8. The summed E-state index contributed by atoms with van der Waals surface area (Å²) < 4.78 is 42.8. The van der Waals surface area contributed by atoms with E-state index in [9.17, 15) is 23.2 Å². The molecule has 2 atom stereocenters. The van der Waals surface area contributed by atoms with E-state index in [4.69, 9.17) is 38.4 Å². The Morgan fingerprint density at radius 2 is 1.70 bits per heavy atom. The quantitative estimate of drug-likeness (QED) is 0.237. The fraction of sp³-hybridized carbons (Fsp3) is 0.333. The highest BCUT2D eigenvalue weighted by Gasteiger charge is 2.38. The molecular formula is C30H27Cl2F2N3O6S. The van der Waals surface area contributed by atoms with Crippen molar-refractivity contribution in [2.24, 2.45) is 11.7 Å². The van der Waals surface area contributed by atoms with Crippen LogP contribution in [0.5, 0.6) is 11.5 Å². The molecule has 9 nitrogen and oxygen atoms in total. The molecule has 0 bridgehead atoms. The molecule has 232 valence electrons. The zero-order chi connectivity index (χ0) is 31.4. The first-order valence-corrected chi connectivity index (χ1v) is 15.4. The molecule has 2 amide bonds. The zero-order valence-electron chi connectivity index (χ0n) is 23.1. The lowest BCUT2D eigenvalue weighted by Crippen LogP contribution is -2.40. The number of pyridine rings is 1. The van der Waals surface area contributed by atoms with Gasteiger partial charge in [-0.05, 0) is 66.3 Å². The van der Waals surface area contributed by atoms with Crippen molar-refractivity contribution in [1.82, 2.24) is 9.88 Å². The molecule has 14 heteroatoms. The number of alkyl halides is 2. The summed E-state index contributed by atoms with van der Waals surface area (Å²) in [5.41, 5.74) is 6.68. The smallest absolute Gasteiger partial charge is 0.387 e. The van der Waals surface area contributed by atoms with Gasteiger partial charge in [0.1, 0.15) is 6.10 Å². The average molecular weight is 667 g/mol. The van der Waals surface area contributed by atoms with E-state index in [0.29, 0.717) is 29.4 Å².